The average molecular weight is 246 g/mol. The van der Waals surface area contributed by atoms with Gasteiger partial charge in [-0.1, -0.05) is 71.1 Å². The highest BCUT2D eigenvalue weighted by Crippen LogP contribution is 2.43. The SMILES string of the molecule is C=C=CC1CC=C(C)C1(C)C.CC1CCCCC1. The lowest BCUT2D eigenvalue weighted by molar-refractivity contribution is 0.352. The third-order valence-corrected chi connectivity index (χ3v) is 4.83. The Labute approximate surface area is 114 Å². The summed E-state index contributed by atoms with van der Waals surface area (Å²) >= 11 is 0. The topological polar surface area (TPSA) is 0 Å². The highest BCUT2D eigenvalue weighted by molar-refractivity contribution is 5.21. The molecule has 0 bridgehead atoms. The van der Waals surface area contributed by atoms with Crippen LogP contribution in [0.5, 0.6) is 0 Å². The van der Waals surface area contributed by atoms with Gasteiger partial charge >= 0.3 is 0 Å². The molecule has 0 heteroatoms. The Bertz CT molecular complexity index is 320. The van der Waals surface area contributed by atoms with Crippen molar-refractivity contribution in [2.75, 3.05) is 0 Å². The number of hydrogen-bond acceptors (Lipinski definition) is 0. The summed E-state index contributed by atoms with van der Waals surface area (Å²) in [5.74, 6) is 1.65. The molecule has 0 radical (unpaired) electrons. The summed E-state index contributed by atoms with van der Waals surface area (Å²) in [5.41, 5.74) is 4.70. The van der Waals surface area contributed by atoms with Crippen LogP contribution in [0.4, 0.5) is 0 Å². The van der Waals surface area contributed by atoms with Crippen LogP contribution in [-0.4, -0.2) is 0 Å². The monoisotopic (exact) mass is 246 g/mol. The maximum absolute atomic E-state index is 3.61. The van der Waals surface area contributed by atoms with Crippen LogP contribution in [0.2, 0.25) is 0 Å². The lowest BCUT2D eigenvalue weighted by Crippen LogP contribution is -2.18. The van der Waals surface area contributed by atoms with Gasteiger partial charge in [-0.25, -0.2) is 0 Å². The van der Waals surface area contributed by atoms with Crippen molar-refractivity contribution in [1.29, 1.82) is 0 Å². The van der Waals surface area contributed by atoms with Crippen LogP contribution in [0, 0.1) is 17.3 Å². The van der Waals surface area contributed by atoms with Crippen molar-refractivity contribution in [3.05, 3.63) is 30.0 Å². The fraction of sp³-hybridized carbons (Fsp3) is 0.722. The van der Waals surface area contributed by atoms with E-state index >= 15 is 0 Å². The van der Waals surface area contributed by atoms with E-state index in [9.17, 15) is 0 Å². The number of rotatable bonds is 1. The molecule has 1 saturated carbocycles. The Kier molecular flexibility index (Phi) is 5.96. The Morgan fingerprint density at radius 2 is 1.89 bits per heavy atom. The van der Waals surface area contributed by atoms with E-state index < -0.39 is 0 Å². The molecule has 0 nitrogen and oxygen atoms in total. The van der Waals surface area contributed by atoms with Gasteiger partial charge in [0.15, 0.2) is 0 Å². The lowest BCUT2D eigenvalue weighted by atomic mass is 9.78. The second-order valence-electron chi connectivity index (χ2n) is 6.56. The van der Waals surface area contributed by atoms with E-state index in [2.05, 4.69) is 52.2 Å². The summed E-state index contributed by atoms with van der Waals surface area (Å²) in [7, 11) is 0. The van der Waals surface area contributed by atoms with E-state index in [0.717, 1.165) is 12.3 Å². The largest absolute Gasteiger partial charge is 0.133 e. The predicted octanol–water partition coefficient (Wildman–Crippen LogP) is 5.91. The van der Waals surface area contributed by atoms with Crippen LogP contribution in [0.25, 0.3) is 0 Å². The Morgan fingerprint density at radius 3 is 2.22 bits per heavy atom. The van der Waals surface area contributed by atoms with E-state index in [1.807, 2.05) is 0 Å². The van der Waals surface area contributed by atoms with Gasteiger partial charge in [-0.3, -0.25) is 0 Å². The molecule has 0 spiro atoms. The molecule has 18 heavy (non-hydrogen) atoms. The van der Waals surface area contributed by atoms with Gasteiger partial charge in [0, 0.05) is 0 Å². The molecule has 0 aromatic rings. The first-order chi connectivity index (χ1) is 8.48. The lowest BCUT2D eigenvalue weighted by Gasteiger charge is -2.26. The second kappa shape index (κ2) is 7.00. The standard InChI is InChI=1S/C11H16.C7H14/c1-5-6-10-8-7-9(2)11(10,3)4;1-7-5-3-2-4-6-7/h6-7,10H,1,8H2,2-4H3;7H,2-6H2,1H3. The maximum atomic E-state index is 3.61. The first-order valence-corrected chi connectivity index (χ1v) is 7.51. The minimum absolute atomic E-state index is 0.324. The Hall–Kier alpha value is -0.740. The zero-order chi connectivity index (χ0) is 13.6. The molecular weight excluding hydrogens is 216 g/mol. The van der Waals surface area contributed by atoms with Gasteiger partial charge in [0.2, 0.25) is 0 Å². The summed E-state index contributed by atoms with van der Waals surface area (Å²) in [5, 5.41) is 0. The van der Waals surface area contributed by atoms with E-state index in [1.165, 1.54) is 37.7 Å². The normalized spacial score (nSPS) is 26.7. The van der Waals surface area contributed by atoms with Gasteiger partial charge in [0.1, 0.15) is 0 Å². The van der Waals surface area contributed by atoms with E-state index in [0.29, 0.717) is 11.3 Å². The molecule has 0 N–H and O–H groups in total. The van der Waals surface area contributed by atoms with Crippen LogP contribution in [0.3, 0.4) is 0 Å². The first kappa shape index (κ1) is 15.3. The molecule has 1 fully saturated rings. The van der Waals surface area contributed by atoms with Gasteiger partial charge in [0.05, 0.1) is 0 Å². The fourth-order valence-corrected chi connectivity index (χ4v) is 2.88. The van der Waals surface area contributed by atoms with Crippen LogP contribution < -0.4 is 0 Å². The minimum atomic E-state index is 0.324. The minimum Gasteiger partial charge on any atom is -0.133 e. The van der Waals surface area contributed by atoms with Crippen LogP contribution >= 0.6 is 0 Å². The van der Waals surface area contributed by atoms with Crippen molar-refractivity contribution < 1.29 is 0 Å². The van der Waals surface area contributed by atoms with Gasteiger partial charge in [-0.05, 0) is 36.7 Å². The highest BCUT2D eigenvalue weighted by atomic mass is 14.4. The third kappa shape index (κ3) is 4.18. The molecular formula is C18H30. The Morgan fingerprint density at radius 1 is 1.28 bits per heavy atom. The molecule has 0 heterocycles. The van der Waals surface area contributed by atoms with Gasteiger partial charge in [-0.15, -0.1) is 5.73 Å². The zero-order valence-electron chi connectivity index (χ0n) is 12.8. The molecule has 0 aromatic carbocycles. The Balaban J connectivity index is 0.000000199. The first-order valence-electron chi connectivity index (χ1n) is 7.51. The van der Waals surface area contributed by atoms with E-state index in [-0.39, 0.29) is 0 Å². The molecule has 0 aliphatic heterocycles. The van der Waals surface area contributed by atoms with Crippen LogP contribution in [0.1, 0.15) is 66.2 Å². The van der Waals surface area contributed by atoms with Gasteiger partial charge in [-0.2, -0.15) is 0 Å². The van der Waals surface area contributed by atoms with Crippen molar-refractivity contribution in [3.63, 3.8) is 0 Å². The summed E-state index contributed by atoms with van der Waals surface area (Å²) in [6, 6.07) is 0. The van der Waals surface area contributed by atoms with Gasteiger partial charge in [0.25, 0.3) is 0 Å². The van der Waals surface area contributed by atoms with Crippen molar-refractivity contribution in [1.82, 2.24) is 0 Å². The number of hydrogen-bond donors (Lipinski definition) is 0. The molecule has 2 aliphatic rings. The van der Waals surface area contributed by atoms with E-state index in [4.69, 9.17) is 0 Å². The average Bonchev–Trinajstić information content (AvgIpc) is 2.58. The molecule has 2 rings (SSSR count). The van der Waals surface area contributed by atoms with Crippen molar-refractivity contribution in [2.45, 2.75) is 66.2 Å². The van der Waals surface area contributed by atoms with Crippen molar-refractivity contribution in [2.24, 2.45) is 17.3 Å². The highest BCUT2D eigenvalue weighted by Gasteiger charge is 2.32. The maximum Gasteiger partial charge on any atom is -0.00345 e. The third-order valence-electron chi connectivity index (χ3n) is 4.83. The van der Waals surface area contributed by atoms with Crippen molar-refractivity contribution >= 4 is 0 Å². The molecule has 0 amide bonds. The molecule has 0 saturated heterocycles. The summed E-state index contributed by atoms with van der Waals surface area (Å²) < 4.78 is 0. The predicted molar refractivity (Wildman–Crippen MR) is 81.6 cm³/mol. The summed E-state index contributed by atoms with van der Waals surface area (Å²) in [6.07, 6.45) is 13.0. The smallest absolute Gasteiger partial charge is 0.00345 e. The molecule has 1 unspecified atom stereocenters. The molecule has 1 atom stereocenters. The van der Waals surface area contributed by atoms with Crippen LogP contribution in [-0.2, 0) is 0 Å². The quantitative estimate of drug-likeness (QED) is 0.399. The van der Waals surface area contributed by atoms with Crippen LogP contribution in [0.15, 0.2) is 30.0 Å². The molecule has 102 valence electrons. The molecule has 0 aromatic heterocycles. The second-order valence-corrected chi connectivity index (χ2v) is 6.56. The van der Waals surface area contributed by atoms with E-state index in [1.54, 1.807) is 0 Å². The zero-order valence-corrected chi connectivity index (χ0v) is 12.8. The molecule has 2 aliphatic carbocycles. The fourth-order valence-electron chi connectivity index (χ4n) is 2.88. The summed E-state index contributed by atoms with van der Waals surface area (Å²) in [6.45, 7) is 12.7. The van der Waals surface area contributed by atoms with Crippen molar-refractivity contribution in [3.8, 4) is 0 Å². The summed E-state index contributed by atoms with van der Waals surface area (Å²) in [4.78, 5) is 0. The van der Waals surface area contributed by atoms with Gasteiger partial charge < -0.3 is 0 Å². The number of allylic oxidation sites excluding steroid dienone is 3.